The molecule has 0 aromatic carbocycles. The lowest BCUT2D eigenvalue weighted by molar-refractivity contribution is 0.132. The van der Waals surface area contributed by atoms with Gasteiger partial charge in [-0.25, -0.2) is 0 Å². The number of nitrogens with zero attached hydrogens (tertiary/aromatic N) is 4. The number of allylic oxidation sites excluding steroid dienone is 4. The molecule has 0 amide bonds. The molecular formula is C14H13Cl2N5O8S2. The van der Waals surface area contributed by atoms with Crippen molar-refractivity contribution in [1.29, 1.82) is 5.26 Å². The number of azo groups is 1. The largest absolute Gasteiger partial charge is 0.368 e. The molecule has 2 rings (SSSR count). The molecule has 5 N–H and O–H groups in total. The van der Waals surface area contributed by atoms with Crippen LogP contribution in [-0.2, 0) is 20.2 Å². The summed E-state index contributed by atoms with van der Waals surface area (Å²) in [5, 5.41) is 39.7. The Kier molecular flexibility index (Phi) is 7.10. The molecular weight excluding hydrogens is 501 g/mol. The van der Waals surface area contributed by atoms with Crippen molar-refractivity contribution in [2.24, 2.45) is 15.3 Å². The van der Waals surface area contributed by atoms with Gasteiger partial charge in [0.25, 0.3) is 5.84 Å². The van der Waals surface area contributed by atoms with E-state index in [9.17, 15) is 36.2 Å². The van der Waals surface area contributed by atoms with Gasteiger partial charge in [0.05, 0.1) is 0 Å². The van der Waals surface area contributed by atoms with E-state index in [1.54, 1.807) is 0 Å². The van der Waals surface area contributed by atoms with Gasteiger partial charge in [-0.1, -0.05) is 23.2 Å². The van der Waals surface area contributed by atoms with Gasteiger partial charge in [0, 0.05) is 10.1 Å². The number of nitriles is 1. The van der Waals surface area contributed by atoms with Gasteiger partial charge in [-0.15, -0.1) is 10.2 Å². The average molecular weight is 514 g/mol. The van der Waals surface area contributed by atoms with Crippen LogP contribution in [0.4, 0.5) is 0 Å². The van der Waals surface area contributed by atoms with Gasteiger partial charge in [0.1, 0.15) is 18.2 Å². The van der Waals surface area contributed by atoms with E-state index in [0.717, 1.165) is 24.3 Å². The summed E-state index contributed by atoms with van der Waals surface area (Å²) < 4.78 is 64.6. The maximum Gasteiger partial charge on any atom is 0.301 e. The van der Waals surface area contributed by atoms with E-state index in [2.05, 4.69) is 20.8 Å². The van der Waals surface area contributed by atoms with E-state index in [-0.39, 0.29) is 10.1 Å². The van der Waals surface area contributed by atoms with E-state index in [0.29, 0.717) is 12.2 Å². The Morgan fingerprint density at radius 2 is 1.55 bits per heavy atom. The molecule has 2 aliphatic rings. The molecule has 4 unspecified atom stereocenters. The third-order valence-corrected chi connectivity index (χ3v) is 6.91. The first-order valence-corrected chi connectivity index (χ1v) is 11.4. The molecule has 4 atom stereocenters. The minimum absolute atomic E-state index is 0.0341. The quantitative estimate of drug-likeness (QED) is 0.110. The van der Waals surface area contributed by atoms with Crippen LogP contribution in [0.1, 0.15) is 0 Å². The maximum atomic E-state index is 11.5. The molecule has 0 saturated carbocycles. The summed E-state index contributed by atoms with van der Waals surface area (Å²) in [6.07, 6.45) is 5.22. The highest BCUT2D eigenvalue weighted by Gasteiger charge is 2.48. The van der Waals surface area contributed by atoms with Crippen LogP contribution < -0.4 is 5.43 Å². The number of nitrogens with one attached hydrogen (secondary N) is 1. The SMILES string of the molecule is N#CC(/N=N/C1C=C(Cl)C=CC1(O)S(=O)(=O)O)=N\NC1C=C(Cl)C=CC1(O)S(=O)(=O)O. The van der Waals surface area contributed by atoms with Crippen LogP contribution in [0.2, 0.25) is 0 Å². The summed E-state index contributed by atoms with van der Waals surface area (Å²) in [5.74, 6) is -0.825. The summed E-state index contributed by atoms with van der Waals surface area (Å²) in [5.41, 5.74) is 2.07. The Bertz CT molecular complexity index is 1200. The number of hydrogen-bond donors (Lipinski definition) is 5. The monoisotopic (exact) mass is 513 g/mol. The Hall–Kier alpha value is -2.16. The molecule has 0 fully saturated rings. The molecule has 13 nitrogen and oxygen atoms in total. The van der Waals surface area contributed by atoms with Crippen LogP contribution in [0.25, 0.3) is 0 Å². The van der Waals surface area contributed by atoms with Crippen LogP contribution in [0.3, 0.4) is 0 Å². The van der Waals surface area contributed by atoms with E-state index >= 15 is 0 Å². The molecule has 0 spiro atoms. The van der Waals surface area contributed by atoms with E-state index in [1.165, 1.54) is 6.07 Å². The molecule has 0 heterocycles. The van der Waals surface area contributed by atoms with Gasteiger partial charge in [-0.05, 0) is 36.5 Å². The Morgan fingerprint density at radius 1 is 1.03 bits per heavy atom. The van der Waals surface area contributed by atoms with Crippen molar-refractivity contribution >= 4 is 49.3 Å². The second kappa shape index (κ2) is 8.76. The predicted octanol–water partition coefficient (Wildman–Crippen LogP) is 0.140. The van der Waals surface area contributed by atoms with E-state index in [1.807, 2.05) is 0 Å². The number of halogens is 2. The van der Waals surface area contributed by atoms with Crippen LogP contribution >= 0.6 is 23.2 Å². The number of hydrogen-bond acceptors (Lipinski definition) is 10. The molecule has 17 heteroatoms. The minimum atomic E-state index is -5.10. The van der Waals surface area contributed by atoms with Gasteiger partial charge in [0.2, 0.25) is 9.87 Å². The van der Waals surface area contributed by atoms with Crippen LogP contribution in [-0.4, -0.2) is 63.9 Å². The van der Waals surface area contributed by atoms with E-state index in [4.69, 9.17) is 28.5 Å². The van der Waals surface area contributed by atoms with Crippen molar-refractivity contribution in [2.45, 2.75) is 21.9 Å². The summed E-state index contributed by atoms with van der Waals surface area (Å²) >= 11 is 11.5. The first kappa shape index (κ1) is 25.1. The zero-order valence-electron chi connectivity index (χ0n) is 14.9. The van der Waals surface area contributed by atoms with Crippen molar-refractivity contribution in [2.75, 3.05) is 0 Å². The van der Waals surface area contributed by atoms with Crippen LogP contribution in [0, 0.1) is 11.3 Å². The molecule has 0 aromatic rings. The number of hydrazone groups is 1. The Labute approximate surface area is 185 Å². The summed E-state index contributed by atoms with van der Waals surface area (Å²) in [7, 11) is -10.2. The third-order valence-electron chi connectivity index (χ3n) is 3.99. The standard InChI is InChI=1S/C14H13Cl2N5O8S2/c15-8-1-3-13(22,30(24,25)26)10(5-8)18-20-12(7-17)21-19-11-6-9(16)2-4-14(11,23)31(27,28)29/h1-6,10-11,18,22-23H,(H,24,25,26)(H,27,28,29)/b20-12+,21-19+. The second-order valence-electron chi connectivity index (χ2n) is 6.04. The first-order valence-electron chi connectivity index (χ1n) is 7.80. The highest BCUT2D eigenvalue weighted by molar-refractivity contribution is 7.87. The van der Waals surface area contributed by atoms with Crippen LogP contribution in [0.5, 0.6) is 0 Å². The lowest BCUT2D eigenvalue weighted by Gasteiger charge is -2.30. The zero-order chi connectivity index (χ0) is 23.7. The first-order chi connectivity index (χ1) is 14.1. The Morgan fingerprint density at radius 3 is 2.06 bits per heavy atom. The zero-order valence-corrected chi connectivity index (χ0v) is 18.0. The normalized spacial score (nSPS) is 31.8. The molecule has 168 valence electrons. The van der Waals surface area contributed by atoms with Crippen molar-refractivity contribution in [1.82, 2.24) is 5.43 Å². The lowest BCUT2D eigenvalue weighted by atomic mass is 10.1. The van der Waals surface area contributed by atoms with Crippen LogP contribution in [0.15, 0.2) is 61.9 Å². The number of amidine groups is 1. The minimum Gasteiger partial charge on any atom is -0.368 e. The lowest BCUT2D eigenvalue weighted by Crippen LogP contribution is -2.53. The predicted molar refractivity (Wildman–Crippen MR) is 108 cm³/mol. The average Bonchev–Trinajstić information content (AvgIpc) is 2.65. The van der Waals surface area contributed by atoms with Gasteiger partial charge < -0.3 is 10.2 Å². The van der Waals surface area contributed by atoms with Crippen molar-refractivity contribution in [3.05, 3.63) is 46.5 Å². The molecule has 0 bridgehead atoms. The highest BCUT2D eigenvalue weighted by Crippen LogP contribution is 2.30. The number of rotatable bonds is 5. The highest BCUT2D eigenvalue weighted by atomic mass is 35.5. The molecule has 0 aromatic heterocycles. The summed E-state index contributed by atoms with van der Waals surface area (Å²) in [4.78, 5) is -5.82. The molecule has 31 heavy (non-hydrogen) atoms. The third kappa shape index (κ3) is 5.19. The molecule has 0 radical (unpaired) electrons. The van der Waals surface area contributed by atoms with Gasteiger partial charge in [-0.2, -0.15) is 27.2 Å². The van der Waals surface area contributed by atoms with Crippen molar-refractivity contribution < 1.29 is 36.2 Å². The Balaban J connectivity index is 2.34. The fraction of sp³-hybridized carbons (Fsp3) is 0.286. The smallest absolute Gasteiger partial charge is 0.301 e. The van der Waals surface area contributed by atoms with Crippen molar-refractivity contribution in [3.63, 3.8) is 0 Å². The fourth-order valence-corrected chi connectivity index (χ4v) is 4.02. The number of aliphatic hydroxyl groups is 2. The maximum absolute atomic E-state index is 11.5. The summed E-state index contributed by atoms with van der Waals surface area (Å²) in [6.45, 7) is 0. The topological polar surface area (TPSA) is 222 Å². The fourth-order valence-electron chi connectivity index (χ4n) is 2.31. The van der Waals surface area contributed by atoms with E-state index < -0.39 is 48.0 Å². The van der Waals surface area contributed by atoms with Gasteiger partial charge in [0.15, 0.2) is 0 Å². The van der Waals surface area contributed by atoms with Gasteiger partial charge in [-0.3, -0.25) is 14.5 Å². The second-order valence-corrected chi connectivity index (χ2v) is 10.1. The molecule has 0 aliphatic heterocycles. The summed E-state index contributed by atoms with van der Waals surface area (Å²) in [6, 6.07) is -2.01. The molecule has 2 aliphatic carbocycles. The van der Waals surface area contributed by atoms with Crippen molar-refractivity contribution in [3.8, 4) is 6.07 Å². The van der Waals surface area contributed by atoms with Gasteiger partial charge >= 0.3 is 20.2 Å². The molecule has 0 saturated heterocycles.